The van der Waals surface area contributed by atoms with Gasteiger partial charge in [-0.25, -0.2) is 9.37 Å². The number of hydrogen-bond donors (Lipinski definition) is 2. The Labute approximate surface area is 177 Å². The molecule has 5 heterocycles. The fourth-order valence-electron chi connectivity index (χ4n) is 4.87. The second kappa shape index (κ2) is 7.54. The molecule has 2 unspecified atom stereocenters. The first-order chi connectivity index (χ1) is 14.5. The van der Waals surface area contributed by atoms with Crippen molar-refractivity contribution in [1.29, 1.82) is 0 Å². The number of hydrogen-bond acceptors (Lipinski definition) is 3. The molecule has 30 heavy (non-hydrogen) atoms. The van der Waals surface area contributed by atoms with E-state index in [1.807, 2.05) is 32.3 Å². The number of amidine groups is 1. The van der Waals surface area contributed by atoms with Gasteiger partial charge in [-0.15, -0.1) is 0 Å². The summed E-state index contributed by atoms with van der Waals surface area (Å²) in [7, 11) is 2.07. The Bertz CT molecular complexity index is 1100. The van der Waals surface area contributed by atoms with Crippen LogP contribution in [0.2, 0.25) is 0 Å². The molecule has 0 aromatic carbocycles. The fourth-order valence-corrected chi connectivity index (χ4v) is 4.87. The highest BCUT2D eigenvalue weighted by atomic mass is 19.1. The Morgan fingerprint density at radius 3 is 2.83 bits per heavy atom. The van der Waals surface area contributed by atoms with Crippen LogP contribution in [0.15, 0.2) is 53.4 Å². The van der Waals surface area contributed by atoms with Gasteiger partial charge in [0.1, 0.15) is 0 Å². The lowest BCUT2D eigenvalue weighted by atomic mass is 9.69. The van der Waals surface area contributed by atoms with Gasteiger partial charge in [0.25, 0.3) is 0 Å². The fraction of sp³-hybridized carbons (Fsp3) is 0.391. The number of allylic oxidation sites excluding steroid dienone is 4. The molecule has 5 nitrogen and oxygen atoms in total. The standard InChI is InChI=1S/C23H26BFN5/c1-4-21-19(24-23(29-21)28-18-9-16-5-6-17(10-18)27-16)7-13(2)15-8-20(25)22-26-14(3)11-30(22)12-15/h4,7-8,11-12,16-18,27H,1,5-6,9-10H2,2-3H3,(H,28,29)/b13-7+. The smallest absolute Gasteiger partial charge is 0.242 e. The lowest BCUT2D eigenvalue weighted by Crippen LogP contribution is -2.40. The maximum Gasteiger partial charge on any atom is 0.242 e. The first kappa shape index (κ1) is 19.3. The zero-order chi connectivity index (χ0) is 20.8. The van der Waals surface area contributed by atoms with Crippen LogP contribution in [0.25, 0.3) is 11.2 Å². The molecule has 3 aliphatic rings. The molecule has 2 N–H and O–H groups in total. The number of aliphatic imine (C=N–C) groups is 1. The Kier molecular flexibility index (Phi) is 4.86. The van der Waals surface area contributed by atoms with E-state index < -0.39 is 0 Å². The van der Waals surface area contributed by atoms with Gasteiger partial charge in [-0.3, -0.25) is 4.99 Å². The monoisotopic (exact) mass is 402 g/mol. The summed E-state index contributed by atoms with van der Waals surface area (Å²) in [5.41, 5.74) is 5.78. The Hall–Kier alpha value is -2.67. The van der Waals surface area contributed by atoms with Gasteiger partial charge >= 0.3 is 0 Å². The van der Waals surface area contributed by atoms with Gasteiger partial charge in [0.15, 0.2) is 11.5 Å². The Morgan fingerprint density at radius 1 is 1.33 bits per heavy atom. The van der Waals surface area contributed by atoms with Crippen LogP contribution in [0.5, 0.6) is 0 Å². The zero-order valence-corrected chi connectivity index (χ0v) is 17.5. The maximum atomic E-state index is 14.5. The predicted molar refractivity (Wildman–Crippen MR) is 120 cm³/mol. The highest BCUT2D eigenvalue weighted by Crippen LogP contribution is 2.29. The third-order valence-corrected chi connectivity index (χ3v) is 6.29. The van der Waals surface area contributed by atoms with Gasteiger partial charge in [0, 0.05) is 30.2 Å². The van der Waals surface area contributed by atoms with E-state index in [9.17, 15) is 4.39 Å². The summed E-state index contributed by atoms with van der Waals surface area (Å²) in [5.74, 6) is -0.317. The van der Waals surface area contributed by atoms with E-state index in [0.717, 1.165) is 46.6 Å². The summed E-state index contributed by atoms with van der Waals surface area (Å²) in [6, 6.07) is 3.14. The van der Waals surface area contributed by atoms with Crippen molar-refractivity contribution in [2.24, 2.45) is 4.99 Å². The number of nitrogens with zero attached hydrogens (tertiary/aromatic N) is 3. The average Bonchev–Trinajstić information content (AvgIpc) is 3.38. The number of imidazole rings is 1. The molecular weight excluding hydrogens is 376 g/mol. The van der Waals surface area contributed by atoms with E-state index >= 15 is 0 Å². The summed E-state index contributed by atoms with van der Waals surface area (Å²) < 4.78 is 16.2. The molecule has 153 valence electrons. The van der Waals surface area contributed by atoms with Gasteiger partial charge in [-0.1, -0.05) is 18.1 Å². The molecule has 0 aliphatic carbocycles. The summed E-state index contributed by atoms with van der Waals surface area (Å²) in [5, 5.41) is 7.05. The van der Waals surface area contributed by atoms with Crippen molar-refractivity contribution in [3.8, 4) is 0 Å². The van der Waals surface area contributed by atoms with Crippen molar-refractivity contribution >= 4 is 24.2 Å². The minimum Gasteiger partial charge on any atom is -0.353 e. The SMILES string of the molecule is C=CC1=C(/C=C(\C)c2cc(F)c3nc(C)cn3c2)[B]C(=NC2CC3CCC(C2)N3)N1. The van der Waals surface area contributed by atoms with Crippen molar-refractivity contribution in [2.45, 2.75) is 57.7 Å². The first-order valence-corrected chi connectivity index (χ1v) is 10.6. The topological polar surface area (TPSA) is 53.7 Å². The third-order valence-electron chi connectivity index (χ3n) is 6.29. The zero-order valence-electron chi connectivity index (χ0n) is 17.5. The molecule has 2 bridgehead atoms. The average molecular weight is 402 g/mol. The molecule has 1 radical (unpaired) electrons. The van der Waals surface area contributed by atoms with E-state index in [1.165, 1.54) is 12.8 Å². The van der Waals surface area contributed by atoms with Crippen molar-refractivity contribution in [3.63, 3.8) is 0 Å². The first-order valence-electron chi connectivity index (χ1n) is 10.6. The van der Waals surface area contributed by atoms with Crippen molar-refractivity contribution in [3.05, 3.63) is 65.4 Å². The Balaban J connectivity index is 1.38. The van der Waals surface area contributed by atoms with Crippen LogP contribution in [0.1, 0.15) is 43.9 Å². The number of halogens is 1. The molecule has 2 aromatic heterocycles. The quantitative estimate of drug-likeness (QED) is 0.770. The van der Waals surface area contributed by atoms with Crippen LogP contribution < -0.4 is 10.6 Å². The molecular formula is C23H26BFN5. The molecule has 2 atom stereocenters. The highest BCUT2D eigenvalue weighted by Gasteiger charge is 2.33. The number of aromatic nitrogens is 2. The molecule has 2 fully saturated rings. The summed E-state index contributed by atoms with van der Waals surface area (Å²) in [4.78, 5) is 9.21. The van der Waals surface area contributed by atoms with Crippen LogP contribution in [0.4, 0.5) is 4.39 Å². The second-order valence-electron chi connectivity index (χ2n) is 8.64. The van der Waals surface area contributed by atoms with E-state index in [2.05, 4.69) is 35.6 Å². The van der Waals surface area contributed by atoms with Crippen LogP contribution in [0, 0.1) is 12.7 Å². The van der Waals surface area contributed by atoms with Crippen LogP contribution in [0.3, 0.4) is 0 Å². The third kappa shape index (κ3) is 3.62. The van der Waals surface area contributed by atoms with Crippen LogP contribution in [-0.2, 0) is 0 Å². The summed E-state index contributed by atoms with van der Waals surface area (Å²) >= 11 is 0. The lowest BCUT2D eigenvalue weighted by molar-refractivity contribution is 0.365. The minimum atomic E-state index is -0.317. The van der Waals surface area contributed by atoms with Gasteiger partial charge in [-0.2, -0.15) is 0 Å². The van der Waals surface area contributed by atoms with E-state index in [0.29, 0.717) is 23.8 Å². The number of piperidine rings is 1. The van der Waals surface area contributed by atoms with Gasteiger partial charge in [0.2, 0.25) is 7.28 Å². The van der Waals surface area contributed by atoms with E-state index in [-0.39, 0.29) is 5.82 Å². The number of rotatable bonds is 4. The Morgan fingerprint density at radius 2 is 2.10 bits per heavy atom. The maximum absolute atomic E-state index is 14.5. The molecule has 0 saturated carbocycles. The predicted octanol–water partition coefficient (Wildman–Crippen LogP) is 3.53. The normalized spacial score (nSPS) is 27.6. The summed E-state index contributed by atoms with van der Waals surface area (Å²) in [6.07, 6.45) is 12.4. The van der Waals surface area contributed by atoms with Gasteiger partial charge < -0.3 is 15.0 Å². The van der Waals surface area contributed by atoms with Gasteiger partial charge in [-0.05, 0) is 62.8 Å². The number of aryl methyl sites for hydroxylation is 1. The van der Waals surface area contributed by atoms with Crippen LogP contribution >= 0.6 is 0 Å². The minimum absolute atomic E-state index is 0.317. The van der Waals surface area contributed by atoms with Crippen molar-refractivity contribution < 1.29 is 4.39 Å². The van der Waals surface area contributed by atoms with E-state index in [1.54, 1.807) is 10.5 Å². The molecule has 7 heteroatoms. The lowest BCUT2D eigenvalue weighted by Gasteiger charge is -2.26. The summed E-state index contributed by atoms with van der Waals surface area (Å²) in [6.45, 7) is 7.80. The van der Waals surface area contributed by atoms with E-state index in [4.69, 9.17) is 4.99 Å². The molecule has 3 aliphatic heterocycles. The van der Waals surface area contributed by atoms with Gasteiger partial charge in [0.05, 0.1) is 17.5 Å². The molecule has 2 saturated heterocycles. The largest absolute Gasteiger partial charge is 0.353 e. The van der Waals surface area contributed by atoms with Crippen molar-refractivity contribution in [1.82, 2.24) is 20.0 Å². The molecule has 0 amide bonds. The molecule has 2 aromatic rings. The molecule has 0 spiro atoms. The van der Waals surface area contributed by atoms with Crippen molar-refractivity contribution in [2.75, 3.05) is 0 Å². The molecule has 5 rings (SSSR count). The highest BCUT2D eigenvalue weighted by molar-refractivity contribution is 6.82. The number of fused-ring (bicyclic) bond motifs is 3. The second-order valence-corrected chi connectivity index (χ2v) is 8.64. The number of nitrogens with one attached hydrogen (secondary N) is 2. The van der Waals surface area contributed by atoms with Crippen LogP contribution in [-0.4, -0.2) is 40.5 Å². The number of pyridine rings is 1.